The highest BCUT2D eigenvalue weighted by atomic mass is 16.5. The zero-order valence-corrected chi connectivity index (χ0v) is 17.2. The lowest BCUT2D eigenvalue weighted by molar-refractivity contribution is -0.138. The minimum Gasteiger partial charge on any atom is -0.481 e. The number of carboxylic acids is 1. The molecule has 1 amide bonds. The molecule has 0 spiro atoms. The van der Waals surface area contributed by atoms with E-state index in [0.717, 1.165) is 22.3 Å². The lowest BCUT2D eigenvalue weighted by Gasteiger charge is -2.17. The van der Waals surface area contributed by atoms with Gasteiger partial charge in [0.05, 0.1) is 12.6 Å². The van der Waals surface area contributed by atoms with E-state index < -0.39 is 24.1 Å². The fraction of sp³-hybridized carbons (Fsp3) is 0.292. The Bertz CT molecular complexity index is 938. The average Bonchev–Trinajstić information content (AvgIpc) is 3.08. The van der Waals surface area contributed by atoms with Crippen molar-refractivity contribution in [1.82, 2.24) is 5.32 Å². The van der Waals surface area contributed by atoms with Gasteiger partial charge in [0.1, 0.15) is 6.61 Å². The number of carboxylic acid groups (broad SMARTS) is 1. The molecule has 2 N–H and O–H groups in total. The number of amides is 1. The van der Waals surface area contributed by atoms with Crippen LogP contribution in [0.1, 0.15) is 36.8 Å². The summed E-state index contributed by atoms with van der Waals surface area (Å²) in [5, 5.41) is 11.6. The SMILES string of the molecule is CCOC(=O)/C=C/[C@H](CCC(=O)O)NC(=O)OCC1c2ccccc2-c2ccccc21. The van der Waals surface area contributed by atoms with Gasteiger partial charge >= 0.3 is 18.0 Å². The van der Waals surface area contributed by atoms with Crippen molar-refractivity contribution in [3.63, 3.8) is 0 Å². The van der Waals surface area contributed by atoms with Crippen molar-refractivity contribution in [1.29, 1.82) is 0 Å². The number of ether oxygens (including phenoxy) is 2. The van der Waals surface area contributed by atoms with Crippen molar-refractivity contribution in [2.24, 2.45) is 0 Å². The number of carbonyl (C=O) groups excluding carboxylic acids is 2. The number of nitrogens with one attached hydrogen (secondary N) is 1. The molecule has 0 saturated heterocycles. The highest BCUT2D eigenvalue weighted by molar-refractivity contribution is 5.82. The molecule has 7 heteroatoms. The van der Waals surface area contributed by atoms with Gasteiger partial charge in [-0.05, 0) is 35.6 Å². The van der Waals surface area contributed by atoms with Gasteiger partial charge in [-0.15, -0.1) is 0 Å². The fourth-order valence-electron chi connectivity index (χ4n) is 3.67. The van der Waals surface area contributed by atoms with Crippen LogP contribution in [0.4, 0.5) is 4.79 Å². The largest absolute Gasteiger partial charge is 0.481 e. The third kappa shape index (κ3) is 5.72. The maximum Gasteiger partial charge on any atom is 0.407 e. The number of alkyl carbamates (subject to hydrolysis) is 1. The Morgan fingerprint density at radius 2 is 1.65 bits per heavy atom. The van der Waals surface area contributed by atoms with Gasteiger partial charge in [-0.2, -0.15) is 0 Å². The molecule has 1 aliphatic carbocycles. The van der Waals surface area contributed by atoms with Gasteiger partial charge in [0.2, 0.25) is 0 Å². The summed E-state index contributed by atoms with van der Waals surface area (Å²) in [5.74, 6) is -1.63. The third-order valence-electron chi connectivity index (χ3n) is 5.07. The van der Waals surface area contributed by atoms with Crippen molar-refractivity contribution >= 4 is 18.0 Å². The van der Waals surface area contributed by atoms with E-state index in [1.165, 1.54) is 12.2 Å². The van der Waals surface area contributed by atoms with Crippen molar-refractivity contribution in [3.8, 4) is 11.1 Å². The standard InChI is InChI=1S/C24H25NO6/c1-2-30-23(28)14-12-16(11-13-22(26)27)25-24(29)31-15-21-19-9-5-3-7-17(19)18-8-4-6-10-20(18)21/h3-10,12,14,16,21H,2,11,13,15H2,1H3,(H,25,29)(H,26,27)/b14-12+/t16-/m0/s1. The van der Waals surface area contributed by atoms with Crippen LogP contribution in [0.25, 0.3) is 11.1 Å². The number of fused-ring (bicyclic) bond motifs is 3. The lowest BCUT2D eigenvalue weighted by atomic mass is 9.98. The number of rotatable bonds is 9. The highest BCUT2D eigenvalue weighted by Crippen LogP contribution is 2.44. The lowest BCUT2D eigenvalue weighted by Crippen LogP contribution is -2.35. The molecule has 0 unspecified atom stereocenters. The number of hydrogen-bond donors (Lipinski definition) is 2. The summed E-state index contributed by atoms with van der Waals surface area (Å²) in [6.07, 6.45) is 1.88. The zero-order chi connectivity index (χ0) is 22.2. The van der Waals surface area contributed by atoms with Gasteiger partial charge in [-0.3, -0.25) is 4.79 Å². The number of esters is 1. The van der Waals surface area contributed by atoms with Crippen molar-refractivity contribution in [3.05, 3.63) is 71.8 Å². The number of hydrogen-bond acceptors (Lipinski definition) is 5. The Morgan fingerprint density at radius 3 is 2.23 bits per heavy atom. The molecular weight excluding hydrogens is 398 g/mol. The second-order valence-corrected chi connectivity index (χ2v) is 7.12. The van der Waals surface area contributed by atoms with Crippen LogP contribution in [0, 0.1) is 0 Å². The molecule has 0 fully saturated rings. The van der Waals surface area contributed by atoms with Crippen molar-refractivity contribution < 1.29 is 29.0 Å². The van der Waals surface area contributed by atoms with Crippen LogP contribution in [-0.2, 0) is 19.1 Å². The summed E-state index contributed by atoms with van der Waals surface area (Å²) in [4.78, 5) is 34.9. The van der Waals surface area contributed by atoms with Crippen LogP contribution in [0.15, 0.2) is 60.7 Å². The van der Waals surface area contributed by atoms with E-state index in [0.29, 0.717) is 0 Å². The Balaban J connectivity index is 1.64. The molecule has 0 bridgehead atoms. The molecular formula is C24H25NO6. The van der Waals surface area contributed by atoms with E-state index in [1.54, 1.807) is 6.92 Å². The maximum atomic E-state index is 12.4. The molecule has 2 aromatic carbocycles. The molecule has 31 heavy (non-hydrogen) atoms. The molecule has 0 aromatic heterocycles. The van der Waals surface area contributed by atoms with Crippen molar-refractivity contribution in [2.75, 3.05) is 13.2 Å². The van der Waals surface area contributed by atoms with E-state index in [4.69, 9.17) is 14.6 Å². The number of aliphatic carboxylic acids is 1. The Morgan fingerprint density at radius 1 is 1.03 bits per heavy atom. The predicted octanol–water partition coefficient (Wildman–Crippen LogP) is 3.88. The Labute approximate surface area is 180 Å². The molecule has 162 valence electrons. The van der Waals surface area contributed by atoms with Crippen LogP contribution in [0.5, 0.6) is 0 Å². The molecule has 7 nitrogen and oxygen atoms in total. The second kappa shape index (κ2) is 10.4. The van der Waals surface area contributed by atoms with Gasteiger partial charge < -0.3 is 19.9 Å². The smallest absolute Gasteiger partial charge is 0.407 e. The van der Waals surface area contributed by atoms with E-state index in [9.17, 15) is 14.4 Å². The van der Waals surface area contributed by atoms with Crippen LogP contribution >= 0.6 is 0 Å². The van der Waals surface area contributed by atoms with E-state index >= 15 is 0 Å². The summed E-state index contributed by atoms with van der Waals surface area (Å²) in [6, 6.07) is 15.4. The number of carbonyl (C=O) groups is 3. The van der Waals surface area contributed by atoms with E-state index in [1.807, 2.05) is 36.4 Å². The summed E-state index contributed by atoms with van der Waals surface area (Å²) >= 11 is 0. The first-order valence-corrected chi connectivity index (χ1v) is 10.2. The van der Waals surface area contributed by atoms with Gasteiger partial charge in [0, 0.05) is 18.4 Å². The first kappa shape index (κ1) is 22.1. The molecule has 2 aromatic rings. The molecule has 3 rings (SSSR count). The van der Waals surface area contributed by atoms with E-state index in [-0.39, 0.29) is 32.0 Å². The molecule has 1 aliphatic rings. The monoisotopic (exact) mass is 423 g/mol. The summed E-state index contributed by atoms with van der Waals surface area (Å²) in [7, 11) is 0. The van der Waals surface area contributed by atoms with Crippen LogP contribution in [-0.4, -0.2) is 42.4 Å². The van der Waals surface area contributed by atoms with Gasteiger partial charge in [-0.1, -0.05) is 54.6 Å². The van der Waals surface area contributed by atoms with Crippen LogP contribution in [0.2, 0.25) is 0 Å². The molecule has 0 saturated carbocycles. The van der Waals surface area contributed by atoms with Gasteiger partial charge in [0.25, 0.3) is 0 Å². The quantitative estimate of drug-likeness (QED) is 0.469. The maximum absolute atomic E-state index is 12.4. The minimum absolute atomic E-state index is 0.0781. The molecule has 1 atom stereocenters. The fourth-order valence-corrected chi connectivity index (χ4v) is 3.67. The topological polar surface area (TPSA) is 102 Å². The first-order chi connectivity index (χ1) is 15.0. The van der Waals surface area contributed by atoms with Gasteiger partial charge in [-0.25, -0.2) is 9.59 Å². The van der Waals surface area contributed by atoms with Gasteiger partial charge in [0.15, 0.2) is 0 Å². The zero-order valence-electron chi connectivity index (χ0n) is 17.2. The second-order valence-electron chi connectivity index (χ2n) is 7.12. The molecule has 0 aliphatic heterocycles. The predicted molar refractivity (Wildman–Crippen MR) is 115 cm³/mol. The minimum atomic E-state index is -0.996. The number of benzene rings is 2. The normalized spacial score (nSPS) is 13.3. The Hall–Kier alpha value is -3.61. The summed E-state index contributed by atoms with van der Waals surface area (Å²) in [6.45, 7) is 2.05. The average molecular weight is 423 g/mol. The Kier molecular flexibility index (Phi) is 7.43. The van der Waals surface area contributed by atoms with Crippen LogP contribution in [0.3, 0.4) is 0 Å². The van der Waals surface area contributed by atoms with E-state index in [2.05, 4.69) is 17.4 Å². The highest BCUT2D eigenvalue weighted by Gasteiger charge is 2.29. The summed E-state index contributed by atoms with van der Waals surface area (Å²) < 4.78 is 10.3. The van der Waals surface area contributed by atoms with Crippen molar-refractivity contribution in [2.45, 2.75) is 31.7 Å². The molecule has 0 radical (unpaired) electrons. The first-order valence-electron chi connectivity index (χ1n) is 10.2. The van der Waals surface area contributed by atoms with Crippen LogP contribution < -0.4 is 5.32 Å². The third-order valence-corrected chi connectivity index (χ3v) is 5.07. The molecule has 0 heterocycles. The summed E-state index contributed by atoms with van der Waals surface area (Å²) in [5.41, 5.74) is 4.45.